The molecule has 0 aromatic carbocycles. The van der Waals surface area contributed by atoms with Gasteiger partial charge in [-0.1, -0.05) is 41.0 Å². The molecule has 0 amide bonds. The average molecular weight is 200 g/mol. The summed E-state index contributed by atoms with van der Waals surface area (Å²) in [5.41, 5.74) is 0. The van der Waals surface area contributed by atoms with Crippen molar-refractivity contribution in [3.05, 3.63) is 0 Å². The fourth-order valence-electron chi connectivity index (χ4n) is 2.29. The molecule has 0 spiro atoms. The highest BCUT2D eigenvalue weighted by atomic mass is 16.5. The van der Waals surface area contributed by atoms with Crippen molar-refractivity contribution in [3.8, 4) is 0 Å². The first-order chi connectivity index (χ1) is 6.52. The van der Waals surface area contributed by atoms with E-state index in [1.165, 1.54) is 12.8 Å². The maximum atomic E-state index is 5.26. The van der Waals surface area contributed by atoms with Gasteiger partial charge in [-0.2, -0.15) is 0 Å². The Morgan fingerprint density at radius 3 is 1.79 bits per heavy atom. The van der Waals surface area contributed by atoms with Crippen LogP contribution in [0.4, 0.5) is 0 Å². The third-order valence-corrected chi connectivity index (χ3v) is 3.30. The monoisotopic (exact) mass is 200 g/mol. The Hall–Kier alpha value is -0.0400. The zero-order valence-corrected chi connectivity index (χ0v) is 10.8. The Labute approximate surface area is 90.2 Å². The number of ether oxygens (including phenoxy) is 1. The number of methoxy groups -OCH3 is 1. The molecule has 0 aliphatic heterocycles. The Bertz CT molecular complexity index is 121. The molecule has 0 aromatic heterocycles. The van der Waals surface area contributed by atoms with E-state index in [0.29, 0.717) is 0 Å². The first-order valence-electron chi connectivity index (χ1n) is 6.01. The maximum absolute atomic E-state index is 5.26. The highest BCUT2D eigenvalue weighted by Gasteiger charge is 2.21. The number of hydrogen-bond acceptors (Lipinski definition) is 1. The van der Waals surface area contributed by atoms with Crippen LogP contribution in [0.2, 0.25) is 0 Å². The Morgan fingerprint density at radius 1 is 1.00 bits per heavy atom. The molecule has 0 radical (unpaired) electrons. The molecule has 1 unspecified atom stereocenters. The first kappa shape index (κ1) is 14.0. The van der Waals surface area contributed by atoms with Crippen LogP contribution in [0.5, 0.6) is 0 Å². The lowest BCUT2D eigenvalue weighted by molar-refractivity contribution is 0.118. The lowest BCUT2D eigenvalue weighted by Gasteiger charge is -2.28. The molecule has 86 valence electrons. The summed E-state index contributed by atoms with van der Waals surface area (Å²) < 4.78 is 5.26. The van der Waals surface area contributed by atoms with E-state index in [1.54, 1.807) is 0 Å². The Balaban J connectivity index is 4.11. The second-order valence-electron chi connectivity index (χ2n) is 5.12. The van der Waals surface area contributed by atoms with Crippen LogP contribution in [0.3, 0.4) is 0 Å². The van der Waals surface area contributed by atoms with E-state index in [2.05, 4.69) is 34.6 Å². The van der Waals surface area contributed by atoms with Gasteiger partial charge in [-0.15, -0.1) is 0 Å². The Morgan fingerprint density at radius 2 is 1.50 bits per heavy atom. The van der Waals surface area contributed by atoms with Crippen LogP contribution in [0.15, 0.2) is 0 Å². The highest BCUT2D eigenvalue weighted by molar-refractivity contribution is 4.71. The summed E-state index contributed by atoms with van der Waals surface area (Å²) in [6, 6.07) is 0. The SMILES string of the molecule is CCC(COC)CC(C(C)C)C(C)C. The predicted molar refractivity (Wildman–Crippen MR) is 63.4 cm³/mol. The average Bonchev–Trinajstić information content (AvgIpc) is 2.10. The van der Waals surface area contributed by atoms with Crippen LogP contribution >= 0.6 is 0 Å². The molecular weight excluding hydrogens is 172 g/mol. The minimum Gasteiger partial charge on any atom is -0.384 e. The molecule has 0 aliphatic carbocycles. The van der Waals surface area contributed by atoms with Crippen molar-refractivity contribution < 1.29 is 4.74 Å². The van der Waals surface area contributed by atoms with E-state index in [1.807, 2.05) is 7.11 Å². The minimum atomic E-state index is 0.745. The van der Waals surface area contributed by atoms with E-state index in [9.17, 15) is 0 Å². The minimum absolute atomic E-state index is 0.745. The van der Waals surface area contributed by atoms with Gasteiger partial charge in [0.05, 0.1) is 0 Å². The Kier molecular flexibility index (Phi) is 7.26. The van der Waals surface area contributed by atoms with Crippen molar-refractivity contribution >= 4 is 0 Å². The summed E-state index contributed by atoms with van der Waals surface area (Å²) in [6.45, 7) is 12.5. The normalized spacial score (nSPS) is 14.4. The van der Waals surface area contributed by atoms with Crippen LogP contribution in [-0.4, -0.2) is 13.7 Å². The van der Waals surface area contributed by atoms with Crippen LogP contribution in [0.1, 0.15) is 47.5 Å². The number of hydrogen-bond donors (Lipinski definition) is 0. The molecule has 0 saturated heterocycles. The smallest absolute Gasteiger partial charge is 0.0490 e. The molecule has 0 heterocycles. The molecule has 14 heavy (non-hydrogen) atoms. The molecule has 1 atom stereocenters. The van der Waals surface area contributed by atoms with Crippen molar-refractivity contribution in [2.45, 2.75) is 47.5 Å². The van der Waals surface area contributed by atoms with Gasteiger partial charge in [0.1, 0.15) is 0 Å². The van der Waals surface area contributed by atoms with Crippen molar-refractivity contribution in [1.82, 2.24) is 0 Å². The summed E-state index contributed by atoms with van der Waals surface area (Å²) in [4.78, 5) is 0. The predicted octanol–water partition coefficient (Wildman–Crippen LogP) is 3.98. The highest BCUT2D eigenvalue weighted by Crippen LogP contribution is 2.28. The fourth-order valence-corrected chi connectivity index (χ4v) is 2.29. The van der Waals surface area contributed by atoms with Crippen molar-refractivity contribution in [3.63, 3.8) is 0 Å². The molecule has 1 heteroatoms. The molecule has 0 aromatic rings. The van der Waals surface area contributed by atoms with E-state index in [-0.39, 0.29) is 0 Å². The van der Waals surface area contributed by atoms with Crippen molar-refractivity contribution in [2.24, 2.45) is 23.7 Å². The summed E-state index contributed by atoms with van der Waals surface area (Å²) in [7, 11) is 1.81. The molecular formula is C13H28O. The van der Waals surface area contributed by atoms with Gasteiger partial charge >= 0.3 is 0 Å². The summed E-state index contributed by atoms with van der Waals surface area (Å²) in [6.07, 6.45) is 2.56. The molecule has 0 bridgehead atoms. The second-order valence-corrected chi connectivity index (χ2v) is 5.12. The molecule has 0 aliphatic rings. The van der Waals surface area contributed by atoms with Crippen molar-refractivity contribution in [2.75, 3.05) is 13.7 Å². The third-order valence-electron chi connectivity index (χ3n) is 3.30. The van der Waals surface area contributed by atoms with Gasteiger partial charge in [0, 0.05) is 13.7 Å². The van der Waals surface area contributed by atoms with Crippen LogP contribution < -0.4 is 0 Å². The van der Waals surface area contributed by atoms with Crippen LogP contribution in [-0.2, 0) is 4.74 Å². The summed E-state index contributed by atoms with van der Waals surface area (Å²) in [5, 5.41) is 0. The largest absolute Gasteiger partial charge is 0.384 e. The van der Waals surface area contributed by atoms with Gasteiger partial charge < -0.3 is 4.74 Å². The van der Waals surface area contributed by atoms with Crippen LogP contribution in [0, 0.1) is 23.7 Å². The van der Waals surface area contributed by atoms with Gasteiger partial charge in [-0.3, -0.25) is 0 Å². The zero-order chi connectivity index (χ0) is 11.1. The van der Waals surface area contributed by atoms with Crippen LogP contribution in [0.25, 0.3) is 0 Å². The molecule has 1 nitrogen and oxygen atoms in total. The maximum Gasteiger partial charge on any atom is 0.0490 e. The zero-order valence-electron chi connectivity index (χ0n) is 10.8. The fraction of sp³-hybridized carbons (Fsp3) is 1.00. The summed E-state index contributed by atoms with van der Waals surface area (Å²) >= 11 is 0. The lowest BCUT2D eigenvalue weighted by Crippen LogP contribution is -2.21. The molecule has 0 fully saturated rings. The van der Waals surface area contributed by atoms with Gasteiger partial charge in [0.25, 0.3) is 0 Å². The molecule has 0 saturated carbocycles. The van der Waals surface area contributed by atoms with E-state index in [4.69, 9.17) is 4.74 Å². The van der Waals surface area contributed by atoms with Gasteiger partial charge in [0.15, 0.2) is 0 Å². The van der Waals surface area contributed by atoms with E-state index in [0.717, 1.165) is 30.3 Å². The van der Waals surface area contributed by atoms with E-state index < -0.39 is 0 Å². The standard InChI is InChI=1S/C13H28O/c1-7-12(9-14-6)8-13(10(2)3)11(4)5/h10-13H,7-9H2,1-6H3. The molecule has 0 N–H and O–H groups in total. The topological polar surface area (TPSA) is 9.23 Å². The van der Waals surface area contributed by atoms with Gasteiger partial charge in [0.2, 0.25) is 0 Å². The number of rotatable bonds is 7. The van der Waals surface area contributed by atoms with Gasteiger partial charge in [-0.05, 0) is 30.1 Å². The van der Waals surface area contributed by atoms with Gasteiger partial charge in [-0.25, -0.2) is 0 Å². The third kappa shape index (κ3) is 4.99. The summed E-state index contributed by atoms with van der Waals surface area (Å²) in [5.74, 6) is 3.17. The van der Waals surface area contributed by atoms with E-state index >= 15 is 0 Å². The molecule has 0 rings (SSSR count). The second kappa shape index (κ2) is 7.28. The lowest BCUT2D eigenvalue weighted by atomic mass is 9.78. The van der Waals surface area contributed by atoms with Crippen molar-refractivity contribution in [1.29, 1.82) is 0 Å². The first-order valence-corrected chi connectivity index (χ1v) is 6.01. The quantitative estimate of drug-likeness (QED) is 0.604.